The van der Waals surface area contributed by atoms with Crippen LogP contribution >= 0.6 is 24.0 Å². The van der Waals surface area contributed by atoms with Crippen molar-refractivity contribution in [3.63, 3.8) is 0 Å². The van der Waals surface area contributed by atoms with E-state index in [1.165, 1.54) is 17.7 Å². The number of rotatable bonds is 9. The Kier molecular flexibility index (Phi) is 11.3. The van der Waals surface area contributed by atoms with E-state index in [-0.39, 0.29) is 29.8 Å². The normalized spacial score (nSPS) is 11.7. The first kappa shape index (κ1) is 26.4. The highest BCUT2D eigenvalue weighted by molar-refractivity contribution is 14.0. The quantitative estimate of drug-likeness (QED) is 0.304. The van der Waals surface area contributed by atoms with Gasteiger partial charge < -0.3 is 15.1 Å². The first-order valence-electron chi connectivity index (χ1n) is 10.2. The molecule has 0 saturated carbocycles. The van der Waals surface area contributed by atoms with Crippen LogP contribution in [0.4, 0.5) is 4.39 Å². The molecule has 168 valence electrons. The third kappa shape index (κ3) is 8.22. The summed E-state index contributed by atoms with van der Waals surface area (Å²) in [4.78, 5) is 9.13. The highest BCUT2D eigenvalue weighted by Gasteiger charge is 2.15. The highest BCUT2D eigenvalue weighted by atomic mass is 127. The SMILES string of the molecule is CCNC(=NCCN(C)Cc1ccc(F)cc1)N(C)Cc1cn(C)nc1C(C)C.I. The van der Waals surface area contributed by atoms with Crippen LogP contribution in [-0.4, -0.2) is 59.3 Å². The number of hydrogen-bond acceptors (Lipinski definition) is 3. The number of guanidine groups is 1. The standard InChI is InChI=1S/C22H35FN6.HI/c1-7-24-22(28(5)15-19-16-29(6)26-21(19)17(2)3)25-12-13-27(4)14-18-8-10-20(23)11-9-18;/h8-11,16-17H,7,12-15H2,1-6H3,(H,24,25);1H. The molecule has 0 aliphatic rings. The summed E-state index contributed by atoms with van der Waals surface area (Å²) >= 11 is 0. The second-order valence-corrected chi connectivity index (χ2v) is 7.82. The minimum Gasteiger partial charge on any atom is -0.357 e. The van der Waals surface area contributed by atoms with Crippen molar-refractivity contribution in [2.45, 2.75) is 39.8 Å². The van der Waals surface area contributed by atoms with Crippen molar-refractivity contribution in [3.05, 3.63) is 53.1 Å². The van der Waals surface area contributed by atoms with Gasteiger partial charge in [-0.25, -0.2) is 4.39 Å². The van der Waals surface area contributed by atoms with Crippen LogP contribution in [0.1, 0.15) is 43.5 Å². The Balaban J connectivity index is 0.00000450. The lowest BCUT2D eigenvalue weighted by molar-refractivity contribution is 0.335. The van der Waals surface area contributed by atoms with Gasteiger partial charge in [-0.15, -0.1) is 24.0 Å². The van der Waals surface area contributed by atoms with Gasteiger partial charge in [0.05, 0.1) is 12.2 Å². The van der Waals surface area contributed by atoms with Gasteiger partial charge in [0.2, 0.25) is 0 Å². The molecule has 1 aromatic carbocycles. The summed E-state index contributed by atoms with van der Waals surface area (Å²) in [5, 5.41) is 7.98. The topological polar surface area (TPSA) is 48.7 Å². The van der Waals surface area contributed by atoms with E-state index in [4.69, 9.17) is 4.99 Å². The number of benzene rings is 1. The largest absolute Gasteiger partial charge is 0.357 e. The molecule has 30 heavy (non-hydrogen) atoms. The van der Waals surface area contributed by atoms with Crippen LogP contribution in [0.15, 0.2) is 35.5 Å². The summed E-state index contributed by atoms with van der Waals surface area (Å²) in [5.74, 6) is 1.08. The predicted octanol–water partition coefficient (Wildman–Crippen LogP) is 3.83. The Labute approximate surface area is 197 Å². The second-order valence-electron chi connectivity index (χ2n) is 7.82. The average Bonchev–Trinajstić information content (AvgIpc) is 3.03. The molecule has 0 radical (unpaired) electrons. The van der Waals surface area contributed by atoms with Crippen molar-refractivity contribution in [1.82, 2.24) is 24.9 Å². The van der Waals surface area contributed by atoms with Gasteiger partial charge in [0.25, 0.3) is 0 Å². The zero-order chi connectivity index (χ0) is 21.4. The van der Waals surface area contributed by atoms with E-state index in [9.17, 15) is 4.39 Å². The molecule has 0 fully saturated rings. The maximum Gasteiger partial charge on any atom is 0.194 e. The van der Waals surface area contributed by atoms with Crippen LogP contribution in [0.3, 0.4) is 0 Å². The number of aromatic nitrogens is 2. The number of aryl methyl sites for hydroxylation is 1. The van der Waals surface area contributed by atoms with Gasteiger partial charge >= 0.3 is 0 Å². The molecule has 0 aliphatic carbocycles. The first-order chi connectivity index (χ1) is 13.8. The average molecular weight is 530 g/mol. The zero-order valence-corrected chi connectivity index (χ0v) is 21.4. The molecular weight excluding hydrogens is 494 g/mol. The first-order valence-corrected chi connectivity index (χ1v) is 10.2. The minimum absolute atomic E-state index is 0. The van der Waals surface area contributed by atoms with Gasteiger partial charge in [0.15, 0.2) is 5.96 Å². The van der Waals surface area contributed by atoms with E-state index in [2.05, 4.69) is 61.3 Å². The molecule has 0 saturated heterocycles. The molecule has 8 heteroatoms. The van der Waals surface area contributed by atoms with Gasteiger partial charge in [0, 0.05) is 52.0 Å². The lowest BCUT2D eigenvalue weighted by Crippen LogP contribution is -2.39. The Bertz CT molecular complexity index is 787. The van der Waals surface area contributed by atoms with Crippen LogP contribution < -0.4 is 5.32 Å². The van der Waals surface area contributed by atoms with E-state index >= 15 is 0 Å². The molecular formula is C22H36FIN6. The Morgan fingerprint density at radius 3 is 2.47 bits per heavy atom. The summed E-state index contributed by atoms with van der Waals surface area (Å²) in [6.07, 6.45) is 2.09. The smallest absolute Gasteiger partial charge is 0.194 e. The molecule has 0 aliphatic heterocycles. The summed E-state index contributed by atoms with van der Waals surface area (Å²) in [5.41, 5.74) is 3.46. The highest BCUT2D eigenvalue weighted by Crippen LogP contribution is 2.18. The van der Waals surface area contributed by atoms with Crippen LogP contribution in [-0.2, 0) is 20.1 Å². The number of hydrogen-bond donors (Lipinski definition) is 1. The fourth-order valence-corrected chi connectivity index (χ4v) is 3.27. The van der Waals surface area contributed by atoms with Crippen molar-refractivity contribution >= 4 is 29.9 Å². The lowest BCUT2D eigenvalue weighted by Gasteiger charge is -2.23. The molecule has 6 nitrogen and oxygen atoms in total. The third-order valence-corrected chi connectivity index (χ3v) is 4.70. The predicted molar refractivity (Wildman–Crippen MR) is 133 cm³/mol. The monoisotopic (exact) mass is 530 g/mol. The van der Waals surface area contributed by atoms with Gasteiger partial charge in [-0.1, -0.05) is 26.0 Å². The maximum atomic E-state index is 13.0. The number of halogens is 2. The number of aliphatic imine (C=N–C) groups is 1. The maximum absolute atomic E-state index is 13.0. The molecule has 2 rings (SSSR count). The summed E-state index contributed by atoms with van der Waals surface area (Å²) < 4.78 is 14.9. The third-order valence-electron chi connectivity index (χ3n) is 4.70. The fourth-order valence-electron chi connectivity index (χ4n) is 3.27. The molecule has 2 aromatic rings. The van der Waals surface area contributed by atoms with Gasteiger partial charge in [-0.05, 0) is 37.6 Å². The molecule has 0 unspecified atom stereocenters. The van der Waals surface area contributed by atoms with E-state index in [0.717, 1.165) is 43.4 Å². The van der Waals surface area contributed by atoms with Crippen LogP contribution in [0, 0.1) is 5.82 Å². The fraction of sp³-hybridized carbons (Fsp3) is 0.545. The minimum atomic E-state index is -0.200. The van der Waals surface area contributed by atoms with Crippen molar-refractivity contribution in [2.24, 2.45) is 12.0 Å². The van der Waals surface area contributed by atoms with Gasteiger partial charge in [-0.3, -0.25) is 9.67 Å². The molecule has 0 atom stereocenters. The molecule has 1 aromatic heterocycles. The molecule has 0 spiro atoms. The lowest BCUT2D eigenvalue weighted by atomic mass is 10.1. The number of likely N-dealkylation sites (N-methyl/N-ethyl adjacent to an activating group) is 1. The number of nitrogens with one attached hydrogen (secondary N) is 1. The molecule has 0 amide bonds. The van der Waals surface area contributed by atoms with Gasteiger partial charge in [-0.2, -0.15) is 5.10 Å². The van der Waals surface area contributed by atoms with Crippen molar-refractivity contribution in [3.8, 4) is 0 Å². The molecule has 1 heterocycles. The van der Waals surface area contributed by atoms with Crippen molar-refractivity contribution in [1.29, 1.82) is 0 Å². The molecule has 1 N–H and O–H groups in total. The summed E-state index contributed by atoms with van der Waals surface area (Å²) in [7, 11) is 6.08. The van der Waals surface area contributed by atoms with Crippen molar-refractivity contribution < 1.29 is 4.39 Å². The summed E-state index contributed by atoms with van der Waals surface area (Å²) in [6, 6.07) is 6.66. The van der Waals surface area contributed by atoms with Crippen LogP contribution in [0.5, 0.6) is 0 Å². The van der Waals surface area contributed by atoms with Gasteiger partial charge in [0.1, 0.15) is 5.82 Å². The van der Waals surface area contributed by atoms with Crippen molar-refractivity contribution in [2.75, 3.05) is 33.7 Å². The Hall–Kier alpha value is -1.68. The van der Waals surface area contributed by atoms with Crippen LogP contribution in [0.2, 0.25) is 0 Å². The second kappa shape index (κ2) is 12.9. The molecule has 0 bridgehead atoms. The van der Waals surface area contributed by atoms with E-state index in [1.807, 2.05) is 23.9 Å². The van der Waals surface area contributed by atoms with Crippen LogP contribution in [0.25, 0.3) is 0 Å². The van der Waals surface area contributed by atoms with E-state index in [0.29, 0.717) is 12.5 Å². The van der Waals surface area contributed by atoms with E-state index < -0.39 is 0 Å². The van der Waals surface area contributed by atoms with E-state index in [1.54, 1.807) is 0 Å². The number of nitrogens with zero attached hydrogens (tertiary/aromatic N) is 5. The Morgan fingerprint density at radius 1 is 1.20 bits per heavy atom. The zero-order valence-electron chi connectivity index (χ0n) is 19.0. The summed E-state index contributed by atoms with van der Waals surface area (Å²) in [6.45, 7) is 10.3. The Morgan fingerprint density at radius 2 is 1.87 bits per heavy atom.